The number of carbonyl (C=O) groups is 1. The van der Waals surface area contributed by atoms with Crippen molar-refractivity contribution in [1.29, 1.82) is 0 Å². The highest BCUT2D eigenvalue weighted by atomic mass is 35.5. The number of aromatic nitrogens is 1. The lowest BCUT2D eigenvalue weighted by Crippen LogP contribution is -2.41. The highest BCUT2D eigenvalue weighted by Crippen LogP contribution is 2.37. The van der Waals surface area contributed by atoms with Crippen LogP contribution in [0.2, 0.25) is 22.5 Å². The van der Waals surface area contributed by atoms with Crippen LogP contribution in [0.3, 0.4) is 0 Å². The highest BCUT2D eigenvalue weighted by Gasteiger charge is 2.36. The molecule has 4 rings (SSSR count). The van der Waals surface area contributed by atoms with Gasteiger partial charge in [-0.3, -0.25) is 9.36 Å². The predicted molar refractivity (Wildman–Crippen MR) is 154 cm³/mol. The van der Waals surface area contributed by atoms with Crippen molar-refractivity contribution in [2.24, 2.45) is 0 Å². The van der Waals surface area contributed by atoms with Crippen LogP contribution in [-0.2, 0) is 4.43 Å². The van der Waals surface area contributed by atoms with E-state index in [1.165, 1.54) is 11.3 Å². The number of thiophene rings is 1. The normalized spacial score (nSPS) is 12.2. The zero-order valence-corrected chi connectivity index (χ0v) is 23.8. The summed E-state index contributed by atoms with van der Waals surface area (Å²) < 4.78 is 8.49. The minimum Gasteiger partial charge on any atom is -0.494 e. The fourth-order valence-corrected chi connectivity index (χ4v) is 5.61. The molecule has 6 nitrogen and oxygen atoms in total. The SMILES string of the molecule is CC(C)(C)[Si](C)(C)OCCNc1ccc(-n2cc3cccc(NC(=O)c4ccc(Cl)s4)c3c2O)cc1. The summed E-state index contributed by atoms with van der Waals surface area (Å²) in [5.41, 5.74) is 2.34. The number of nitrogens with zero attached hydrogens (tertiary/aromatic N) is 1. The summed E-state index contributed by atoms with van der Waals surface area (Å²) in [6.45, 7) is 12.6. The van der Waals surface area contributed by atoms with E-state index in [0.29, 0.717) is 26.9 Å². The Balaban J connectivity index is 1.46. The number of rotatable bonds is 8. The van der Waals surface area contributed by atoms with E-state index < -0.39 is 8.32 Å². The molecule has 2 aromatic heterocycles. The molecule has 0 aliphatic heterocycles. The van der Waals surface area contributed by atoms with Crippen LogP contribution in [0.5, 0.6) is 5.88 Å². The van der Waals surface area contributed by atoms with Gasteiger partial charge in [-0.1, -0.05) is 44.5 Å². The molecule has 0 fully saturated rings. The number of benzene rings is 2. The van der Waals surface area contributed by atoms with Crippen molar-refractivity contribution in [2.75, 3.05) is 23.8 Å². The van der Waals surface area contributed by atoms with Gasteiger partial charge >= 0.3 is 0 Å². The van der Waals surface area contributed by atoms with E-state index in [1.54, 1.807) is 22.8 Å². The zero-order valence-electron chi connectivity index (χ0n) is 21.2. The van der Waals surface area contributed by atoms with Crippen LogP contribution in [0.25, 0.3) is 16.5 Å². The van der Waals surface area contributed by atoms with Crippen LogP contribution >= 0.6 is 22.9 Å². The van der Waals surface area contributed by atoms with E-state index in [9.17, 15) is 9.90 Å². The maximum absolute atomic E-state index is 12.6. The Hall–Kier alpha value is -2.78. The second kappa shape index (κ2) is 10.3. The van der Waals surface area contributed by atoms with E-state index in [-0.39, 0.29) is 16.8 Å². The quantitative estimate of drug-likeness (QED) is 0.157. The third kappa shape index (κ3) is 5.62. The van der Waals surface area contributed by atoms with Gasteiger partial charge in [0.25, 0.3) is 5.91 Å². The molecule has 0 saturated heterocycles. The molecule has 0 aliphatic rings. The van der Waals surface area contributed by atoms with Gasteiger partial charge < -0.3 is 20.2 Å². The van der Waals surface area contributed by atoms with Gasteiger partial charge in [0.2, 0.25) is 5.88 Å². The number of hydrogen-bond donors (Lipinski definition) is 3. The van der Waals surface area contributed by atoms with Gasteiger partial charge in [-0.15, -0.1) is 11.3 Å². The third-order valence-corrected chi connectivity index (χ3v) is 12.5. The summed E-state index contributed by atoms with van der Waals surface area (Å²) >= 11 is 7.18. The van der Waals surface area contributed by atoms with Gasteiger partial charge in [0.05, 0.1) is 26.9 Å². The predicted octanol–water partition coefficient (Wildman–Crippen LogP) is 7.74. The molecule has 0 spiro atoms. The number of aromatic hydroxyl groups is 1. The average molecular weight is 542 g/mol. The first-order chi connectivity index (χ1) is 17.0. The molecular formula is C27H32ClN3O3SSi. The van der Waals surface area contributed by atoms with Gasteiger partial charge in [0.1, 0.15) is 0 Å². The lowest BCUT2D eigenvalue weighted by Gasteiger charge is -2.36. The molecule has 0 saturated carbocycles. The minimum atomic E-state index is -1.75. The number of amides is 1. The molecular weight excluding hydrogens is 510 g/mol. The third-order valence-electron chi connectivity index (χ3n) is 6.71. The number of halogens is 1. The summed E-state index contributed by atoms with van der Waals surface area (Å²) in [4.78, 5) is 13.2. The Labute approximate surface area is 222 Å². The zero-order chi connectivity index (χ0) is 26.1. The van der Waals surface area contributed by atoms with Crippen molar-refractivity contribution >= 4 is 59.3 Å². The Morgan fingerprint density at radius 3 is 2.47 bits per heavy atom. The van der Waals surface area contributed by atoms with Crippen LogP contribution < -0.4 is 10.6 Å². The van der Waals surface area contributed by atoms with Crippen molar-refractivity contribution in [3.8, 4) is 11.6 Å². The standard InChI is InChI=1S/C27H32ClN3O3SSi/c1-27(2,3)36(4,5)34-16-15-29-19-9-11-20(12-10-19)31-17-18-7-6-8-21(24(18)26(31)33)30-25(32)22-13-14-23(28)35-22/h6-14,17,29,33H,15-16H2,1-5H3,(H,30,32). The first-order valence-electron chi connectivity index (χ1n) is 11.8. The molecule has 9 heteroatoms. The van der Waals surface area contributed by atoms with Crippen molar-refractivity contribution in [3.05, 3.63) is 70.0 Å². The smallest absolute Gasteiger partial charge is 0.265 e. The van der Waals surface area contributed by atoms with Gasteiger partial charge in [0.15, 0.2) is 8.32 Å². The largest absolute Gasteiger partial charge is 0.494 e. The molecule has 4 aromatic rings. The molecule has 0 bridgehead atoms. The second-order valence-corrected chi connectivity index (χ2v) is 16.8. The first-order valence-corrected chi connectivity index (χ1v) is 15.9. The minimum absolute atomic E-state index is 0.0635. The summed E-state index contributed by atoms with van der Waals surface area (Å²) in [5, 5.41) is 19.0. The monoisotopic (exact) mass is 541 g/mol. The summed E-state index contributed by atoms with van der Waals surface area (Å²) in [7, 11) is -1.75. The first kappa shape index (κ1) is 26.3. The fraction of sp³-hybridized carbons (Fsp3) is 0.296. The Morgan fingerprint density at radius 2 is 1.83 bits per heavy atom. The topological polar surface area (TPSA) is 75.5 Å². The molecule has 36 heavy (non-hydrogen) atoms. The van der Waals surface area contributed by atoms with Gasteiger partial charge in [-0.05, 0) is 60.6 Å². The van der Waals surface area contributed by atoms with Gasteiger partial charge in [0, 0.05) is 29.5 Å². The molecule has 0 radical (unpaired) electrons. The molecule has 3 N–H and O–H groups in total. The lowest BCUT2D eigenvalue weighted by molar-refractivity contribution is 0.103. The second-order valence-electron chi connectivity index (χ2n) is 10.2. The Morgan fingerprint density at radius 1 is 1.11 bits per heavy atom. The number of nitrogens with one attached hydrogen (secondary N) is 2. The fourth-order valence-electron chi connectivity index (χ4n) is 3.63. The Kier molecular flexibility index (Phi) is 7.52. The lowest BCUT2D eigenvalue weighted by atomic mass is 10.2. The van der Waals surface area contributed by atoms with Gasteiger partial charge in [-0.2, -0.15) is 0 Å². The average Bonchev–Trinajstić information content (AvgIpc) is 3.40. The summed E-state index contributed by atoms with van der Waals surface area (Å²) in [6, 6.07) is 16.8. The van der Waals surface area contributed by atoms with E-state index in [0.717, 1.165) is 23.3 Å². The maximum Gasteiger partial charge on any atom is 0.265 e. The maximum atomic E-state index is 12.6. The van der Waals surface area contributed by atoms with Crippen LogP contribution in [0.4, 0.5) is 11.4 Å². The number of hydrogen-bond acceptors (Lipinski definition) is 5. The molecule has 190 valence electrons. The van der Waals surface area contributed by atoms with Crippen LogP contribution in [0, 0.1) is 0 Å². The van der Waals surface area contributed by atoms with E-state index >= 15 is 0 Å². The number of fused-ring (bicyclic) bond motifs is 1. The van der Waals surface area contributed by atoms with Crippen LogP contribution in [0.15, 0.2) is 60.8 Å². The van der Waals surface area contributed by atoms with E-state index in [4.69, 9.17) is 16.0 Å². The summed E-state index contributed by atoms with van der Waals surface area (Å²) in [6.07, 6.45) is 1.86. The molecule has 1 amide bonds. The van der Waals surface area contributed by atoms with Crippen molar-refractivity contribution in [1.82, 2.24) is 4.57 Å². The molecule has 0 aliphatic carbocycles. The van der Waals surface area contributed by atoms with Gasteiger partial charge in [-0.25, -0.2) is 0 Å². The highest BCUT2D eigenvalue weighted by molar-refractivity contribution is 7.18. The van der Waals surface area contributed by atoms with E-state index in [1.807, 2.05) is 42.6 Å². The van der Waals surface area contributed by atoms with Crippen molar-refractivity contribution in [3.63, 3.8) is 0 Å². The summed E-state index contributed by atoms with van der Waals surface area (Å²) in [5.74, 6) is -0.201. The van der Waals surface area contributed by atoms with Crippen molar-refractivity contribution in [2.45, 2.75) is 38.9 Å². The molecule has 0 atom stereocenters. The van der Waals surface area contributed by atoms with E-state index in [2.05, 4.69) is 44.5 Å². The molecule has 2 heterocycles. The van der Waals surface area contributed by atoms with Crippen molar-refractivity contribution < 1.29 is 14.3 Å². The molecule has 2 aromatic carbocycles. The number of anilines is 2. The van der Waals surface area contributed by atoms with Crippen LogP contribution in [0.1, 0.15) is 30.4 Å². The molecule has 0 unspecified atom stereocenters. The van der Waals surface area contributed by atoms with Crippen LogP contribution in [-0.4, -0.2) is 37.0 Å². The number of carbonyl (C=O) groups excluding carboxylic acids is 1. The Bertz CT molecular complexity index is 1370.